The standard InChI is InChI=1S/C30H28F3N7O2S/c1-16-13-19-18(14-34-40(19)20-11-7-8-12-41-20)21(23(16)30(31,32)33)24-26-25(38-37-24)22-27(39(26)2)35-29(43-3)36-28(22)42-15-17-9-5-4-6-10-17/h4-6,9-10,13-14,20H,7-8,11-12,15H2,1-3H3,(H,37,38). The van der Waals surface area contributed by atoms with Crippen LogP contribution in [0.5, 0.6) is 5.88 Å². The van der Waals surface area contributed by atoms with Gasteiger partial charge in [0.2, 0.25) is 5.88 Å². The number of thioether (sulfide) groups is 1. The number of halogens is 3. The molecule has 7 rings (SSSR count). The summed E-state index contributed by atoms with van der Waals surface area (Å²) in [4.78, 5) is 9.31. The molecule has 9 nitrogen and oxygen atoms in total. The average Bonchev–Trinajstić information content (AvgIpc) is 3.70. The second kappa shape index (κ2) is 10.6. The van der Waals surface area contributed by atoms with E-state index in [0.717, 1.165) is 24.8 Å². The Hall–Kier alpha value is -4.10. The lowest BCUT2D eigenvalue weighted by Gasteiger charge is -2.24. The fraction of sp³-hybridized carbons (Fsp3) is 0.333. The normalized spacial score (nSPS) is 16.1. The first-order valence-corrected chi connectivity index (χ1v) is 15.1. The largest absolute Gasteiger partial charge is 0.472 e. The van der Waals surface area contributed by atoms with Crippen LogP contribution in [0.2, 0.25) is 0 Å². The van der Waals surface area contributed by atoms with Gasteiger partial charge in [-0.25, -0.2) is 9.67 Å². The van der Waals surface area contributed by atoms with Crippen LogP contribution in [0.1, 0.15) is 42.2 Å². The van der Waals surface area contributed by atoms with Gasteiger partial charge in [0.25, 0.3) is 0 Å². The highest BCUT2D eigenvalue weighted by molar-refractivity contribution is 7.98. The van der Waals surface area contributed by atoms with Gasteiger partial charge in [0.1, 0.15) is 17.5 Å². The van der Waals surface area contributed by atoms with E-state index in [2.05, 4.69) is 20.3 Å². The quantitative estimate of drug-likeness (QED) is 0.158. The van der Waals surface area contributed by atoms with Crippen molar-refractivity contribution in [1.29, 1.82) is 0 Å². The Morgan fingerprint density at radius 3 is 2.70 bits per heavy atom. The van der Waals surface area contributed by atoms with Gasteiger partial charge in [0.05, 0.1) is 28.5 Å². The van der Waals surface area contributed by atoms with E-state index in [4.69, 9.17) is 14.5 Å². The van der Waals surface area contributed by atoms with Crippen molar-refractivity contribution < 1.29 is 22.6 Å². The second-order valence-electron chi connectivity index (χ2n) is 10.6. The van der Waals surface area contributed by atoms with Crippen LogP contribution in [0.25, 0.3) is 44.2 Å². The van der Waals surface area contributed by atoms with E-state index in [1.165, 1.54) is 24.9 Å². The molecule has 5 heterocycles. The minimum atomic E-state index is -4.63. The lowest BCUT2D eigenvalue weighted by atomic mass is 9.94. The Labute approximate surface area is 248 Å². The fourth-order valence-electron chi connectivity index (χ4n) is 5.99. The van der Waals surface area contributed by atoms with Gasteiger partial charge in [-0.2, -0.15) is 28.4 Å². The highest BCUT2D eigenvalue weighted by Crippen LogP contribution is 2.47. The van der Waals surface area contributed by atoms with Crippen LogP contribution in [-0.4, -0.2) is 47.4 Å². The van der Waals surface area contributed by atoms with Gasteiger partial charge in [0.15, 0.2) is 17.0 Å². The van der Waals surface area contributed by atoms with Crippen LogP contribution in [0.3, 0.4) is 0 Å². The Bertz CT molecular complexity index is 1980. The zero-order chi connectivity index (χ0) is 29.9. The number of nitrogens with one attached hydrogen (secondary N) is 1. The topological polar surface area (TPSA) is 95.7 Å². The summed E-state index contributed by atoms with van der Waals surface area (Å²) in [5.74, 6) is 0.314. The van der Waals surface area contributed by atoms with Crippen molar-refractivity contribution in [3.8, 4) is 17.1 Å². The fourth-order valence-corrected chi connectivity index (χ4v) is 6.34. The molecule has 43 heavy (non-hydrogen) atoms. The molecule has 13 heteroatoms. The monoisotopic (exact) mass is 607 g/mol. The molecular formula is C30H28F3N7O2S. The number of hydrogen-bond acceptors (Lipinski definition) is 7. The van der Waals surface area contributed by atoms with E-state index in [1.807, 2.05) is 36.6 Å². The highest BCUT2D eigenvalue weighted by Gasteiger charge is 2.39. The first-order chi connectivity index (χ1) is 20.8. The molecule has 0 spiro atoms. The number of aryl methyl sites for hydroxylation is 2. The summed E-state index contributed by atoms with van der Waals surface area (Å²) in [5, 5.41) is 13.4. The number of aromatic nitrogens is 7. The predicted molar refractivity (Wildman–Crippen MR) is 158 cm³/mol. The zero-order valence-electron chi connectivity index (χ0n) is 23.7. The third-order valence-corrected chi connectivity index (χ3v) is 8.48. The molecule has 0 aliphatic carbocycles. The Kier molecular flexibility index (Phi) is 6.81. The lowest BCUT2D eigenvalue weighted by Crippen LogP contribution is -2.19. The van der Waals surface area contributed by atoms with E-state index in [0.29, 0.717) is 50.6 Å². The number of rotatable bonds is 6. The van der Waals surface area contributed by atoms with Gasteiger partial charge in [-0.3, -0.25) is 5.10 Å². The molecule has 0 amide bonds. The number of H-pyrrole nitrogens is 1. The average molecular weight is 608 g/mol. The third kappa shape index (κ3) is 4.61. The van der Waals surface area contributed by atoms with E-state index in [9.17, 15) is 13.2 Å². The van der Waals surface area contributed by atoms with Crippen LogP contribution < -0.4 is 4.74 Å². The van der Waals surface area contributed by atoms with Crippen LogP contribution in [0.15, 0.2) is 47.8 Å². The van der Waals surface area contributed by atoms with Crippen LogP contribution in [0, 0.1) is 6.92 Å². The molecule has 1 N–H and O–H groups in total. The van der Waals surface area contributed by atoms with Crippen LogP contribution in [0.4, 0.5) is 13.2 Å². The van der Waals surface area contributed by atoms with E-state index < -0.39 is 11.7 Å². The van der Waals surface area contributed by atoms with Gasteiger partial charge < -0.3 is 14.0 Å². The number of fused-ring (bicyclic) bond motifs is 4. The molecule has 1 atom stereocenters. The maximum atomic E-state index is 14.8. The van der Waals surface area contributed by atoms with Gasteiger partial charge in [-0.1, -0.05) is 42.1 Å². The number of hydrogen-bond donors (Lipinski definition) is 1. The zero-order valence-corrected chi connectivity index (χ0v) is 24.5. The molecule has 0 saturated carbocycles. The molecule has 2 aromatic carbocycles. The molecular weight excluding hydrogens is 579 g/mol. The molecule has 1 aliphatic rings. The Balaban J connectivity index is 1.47. The Morgan fingerprint density at radius 2 is 1.98 bits per heavy atom. The van der Waals surface area contributed by atoms with Crippen molar-refractivity contribution >= 4 is 44.7 Å². The summed E-state index contributed by atoms with van der Waals surface area (Å²) in [6.07, 6.45) is 1.04. The Morgan fingerprint density at radius 1 is 1.16 bits per heavy atom. The number of benzene rings is 2. The molecule has 1 fully saturated rings. The summed E-state index contributed by atoms with van der Waals surface area (Å²) in [5.41, 5.74) is 2.49. The van der Waals surface area contributed by atoms with E-state index in [-0.39, 0.29) is 29.7 Å². The molecule has 222 valence electrons. The summed E-state index contributed by atoms with van der Waals surface area (Å²) >= 11 is 1.35. The van der Waals surface area contributed by atoms with Crippen LogP contribution >= 0.6 is 11.8 Å². The van der Waals surface area contributed by atoms with Crippen molar-refractivity contribution in [1.82, 2.24) is 34.5 Å². The second-order valence-corrected chi connectivity index (χ2v) is 11.4. The van der Waals surface area contributed by atoms with Crippen molar-refractivity contribution in [2.75, 3.05) is 12.9 Å². The van der Waals surface area contributed by atoms with Gasteiger partial charge in [0, 0.05) is 24.6 Å². The molecule has 4 aromatic heterocycles. The maximum Gasteiger partial charge on any atom is 0.417 e. The maximum absolute atomic E-state index is 14.8. The molecule has 1 unspecified atom stereocenters. The SMILES string of the molecule is CSc1nc(OCc2ccccc2)c2c3n[nH]c(-c4c(C(F)(F)F)c(C)cc5c4cnn5C4CCCCO4)c3n(C)c2n1. The van der Waals surface area contributed by atoms with Crippen molar-refractivity contribution in [2.45, 2.75) is 50.4 Å². The number of nitrogens with zero attached hydrogens (tertiary/aromatic N) is 6. The summed E-state index contributed by atoms with van der Waals surface area (Å²) < 4.78 is 59.9. The predicted octanol–water partition coefficient (Wildman–Crippen LogP) is 7.19. The number of aromatic amines is 1. The molecule has 0 bridgehead atoms. The van der Waals surface area contributed by atoms with Gasteiger partial charge in [-0.05, 0) is 49.6 Å². The van der Waals surface area contributed by atoms with E-state index >= 15 is 0 Å². The first-order valence-electron chi connectivity index (χ1n) is 13.9. The van der Waals surface area contributed by atoms with Gasteiger partial charge >= 0.3 is 6.18 Å². The van der Waals surface area contributed by atoms with E-state index in [1.54, 1.807) is 22.4 Å². The smallest absolute Gasteiger partial charge is 0.417 e. The first kappa shape index (κ1) is 27.7. The minimum Gasteiger partial charge on any atom is -0.472 e. The molecule has 0 radical (unpaired) electrons. The molecule has 1 saturated heterocycles. The minimum absolute atomic E-state index is 0.0113. The number of ether oxygens (including phenoxy) is 2. The lowest BCUT2D eigenvalue weighted by molar-refractivity contribution is -0.137. The van der Waals surface area contributed by atoms with Crippen molar-refractivity contribution in [3.63, 3.8) is 0 Å². The summed E-state index contributed by atoms with van der Waals surface area (Å²) in [6.45, 7) is 2.32. The number of alkyl halides is 3. The van der Waals surface area contributed by atoms with Crippen LogP contribution in [-0.2, 0) is 24.6 Å². The van der Waals surface area contributed by atoms with Crippen molar-refractivity contribution in [3.05, 3.63) is 59.3 Å². The van der Waals surface area contributed by atoms with Crippen molar-refractivity contribution in [2.24, 2.45) is 7.05 Å². The van der Waals surface area contributed by atoms with Gasteiger partial charge in [-0.15, -0.1) is 0 Å². The molecule has 1 aliphatic heterocycles. The third-order valence-electron chi connectivity index (χ3n) is 7.93. The summed E-state index contributed by atoms with van der Waals surface area (Å²) in [6, 6.07) is 11.2. The highest BCUT2D eigenvalue weighted by atomic mass is 32.2. The molecule has 6 aromatic rings. The summed E-state index contributed by atoms with van der Waals surface area (Å²) in [7, 11) is 1.77.